The predicted molar refractivity (Wildman–Crippen MR) is 156 cm³/mol. The number of amides is 2. The van der Waals surface area contributed by atoms with Gasteiger partial charge in [0.25, 0.3) is 0 Å². The summed E-state index contributed by atoms with van der Waals surface area (Å²) in [5.74, 6) is -0.0580. The van der Waals surface area contributed by atoms with Gasteiger partial charge in [-0.1, -0.05) is 38.1 Å². The van der Waals surface area contributed by atoms with Crippen LogP contribution in [-0.4, -0.2) is 33.9 Å². The van der Waals surface area contributed by atoms with Crippen LogP contribution >= 0.6 is 0 Å². The Hall–Kier alpha value is -4.75. The zero-order valence-corrected chi connectivity index (χ0v) is 24.6. The van der Waals surface area contributed by atoms with Crippen molar-refractivity contribution in [1.29, 1.82) is 0 Å². The molecule has 0 aliphatic carbocycles. The van der Waals surface area contributed by atoms with Crippen LogP contribution in [0.3, 0.4) is 0 Å². The fourth-order valence-electron chi connectivity index (χ4n) is 5.21. The van der Waals surface area contributed by atoms with Gasteiger partial charge in [-0.05, 0) is 48.7 Å². The SMILES string of the molecule is Cc1cccc(OCC(C)C)c1-n1nc2c(c1-c1ccc(NC(N)=O)cc1)CN(c1nc(C(F)(F)F)ccc1C(F)(F)F)CC2. The first-order valence-corrected chi connectivity index (χ1v) is 14.0. The average molecular weight is 633 g/mol. The number of hydrogen-bond donors (Lipinski definition) is 2. The largest absolute Gasteiger partial charge is 0.491 e. The Bertz CT molecular complexity index is 1710. The molecule has 2 amide bonds. The number of anilines is 2. The van der Waals surface area contributed by atoms with Crippen LogP contribution < -0.4 is 20.7 Å². The monoisotopic (exact) mass is 632 g/mol. The van der Waals surface area contributed by atoms with Crippen molar-refractivity contribution >= 4 is 17.5 Å². The number of para-hydroxylation sites is 1. The van der Waals surface area contributed by atoms with Crippen molar-refractivity contribution in [2.45, 2.75) is 46.1 Å². The zero-order chi connectivity index (χ0) is 32.7. The summed E-state index contributed by atoms with van der Waals surface area (Å²) < 4.78 is 90.6. The molecule has 0 radical (unpaired) electrons. The number of alkyl halides is 6. The van der Waals surface area contributed by atoms with E-state index in [9.17, 15) is 31.1 Å². The van der Waals surface area contributed by atoms with E-state index in [0.717, 1.165) is 5.56 Å². The third kappa shape index (κ3) is 6.69. The summed E-state index contributed by atoms with van der Waals surface area (Å²) in [4.78, 5) is 16.0. The van der Waals surface area contributed by atoms with Crippen LogP contribution in [0.4, 0.5) is 42.6 Å². The van der Waals surface area contributed by atoms with Crippen LogP contribution in [0, 0.1) is 12.8 Å². The lowest BCUT2D eigenvalue weighted by molar-refractivity contribution is -0.144. The Morgan fingerprint density at radius 2 is 1.73 bits per heavy atom. The summed E-state index contributed by atoms with van der Waals surface area (Å²) in [5, 5.41) is 7.35. The number of aromatic nitrogens is 3. The second kappa shape index (κ2) is 12.0. The molecule has 0 saturated carbocycles. The molecule has 2 aromatic carbocycles. The van der Waals surface area contributed by atoms with Crippen molar-refractivity contribution in [3.63, 3.8) is 0 Å². The highest BCUT2D eigenvalue weighted by molar-refractivity contribution is 5.88. The fraction of sp³-hybridized carbons (Fsp3) is 0.323. The van der Waals surface area contributed by atoms with Crippen LogP contribution in [0.5, 0.6) is 5.75 Å². The maximum atomic E-state index is 14.0. The van der Waals surface area contributed by atoms with Crippen molar-refractivity contribution in [1.82, 2.24) is 14.8 Å². The number of ether oxygens (including phenoxy) is 1. The summed E-state index contributed by atoms with van der Waals surface area (Å²) in [6.45, 7) is 6.04. The quantitative estimate of drug-likeness (QED) is 0.208. The predicted octanol–water partition coefficient (Wildman–Crippen LogP) is 7.37. The van der Waals surface area contributed by atoms with Gasteiger partial charge in [0.1, 0.15) is 22.9 Å². The van der Waals surface area contributed by atoms with Crippen LogP contribution in [0.2, 0.25) is 0 Å². The van der Waals surface area contributed by atoms with Gasteiger partial charge in [-0.3, -0.25) is 0 Å². The van der Waals surface area contributed by atoms with Crippen LogP contribution in [0.15, 0.2) is 54.6 Å². The molecule has 3 heterocycles. The Balaban J connectivity index is 1.69. The Morgan fingerprint density at radius 3 is 2.36 bits per heavy atom. The van der Waals surface area contributed by atoms with E-state index in [2.05, 4.69) is 10.3 Å². The molecule has 0 atom stereocenters. The Kier molecular flexibility index (Phi) is 8.43. The molecule has 0 unspecified atom stereocenters. The molecule has 3 N–H and O–H groups in total. The standard InChI is InChI=1S/C31H30F6N6O2/c1-17(2)16-45-24-6-4-5-18(3)26(24)43-27(19-7-9-20(10-8-19)39-29(38)44)21-15-42(14-13-23(21)41-43)28-22(30(32,33)34)11-12-25(40-28)31(35,36)37/h4-12,17H,13-16H2,1-3H3,(H3,38,39,44). The van der Waals surface area contributed by atoms with Gasteiger partial charge >= 0.3 is 18.4 Å². The van der Waals surface area contributed by atoms with Crippen molar-refractivity contribution < 1.29 is 35.9 Å². The van der Waals surface area contributed by atoms with Gasteiger partial charge in [0, 0.05) is 36.3 Å². The minimum Gasteiger partial charge on any atom is -0.491 e. The third-order valence-electron chi connectivity index (χ3n) is 7.22. The molecule has 0 bridgehead atoms. The van der Waals surface area contributed by atoms with Crippen LogP contribution in [-0.2, 0) is 25.3 Å². The molecule has 4 aromatic rings. The molecule has 0 saturated heterocycles. The molecule has 5 rings (SSSR count). The number of nitrogens with zero attached hydrogens (tertiary/aromatic N) is 4. The number of urea groups is 1. The van der Waals surface area contributed by atoms with Crippen molar-refractivity contribution in [2.24, 2.45) is 11.7 Å². The van der Waals surface area contributed by atoms with E-state index < -0.39 is 35.5 Å². The van der Waals surface area contributed by atoms with E-state index in [0.29, 0.717) is 58.4 Å². The molecular formula is C31H30F6N6O2. The second-order valence-electron chi connectivity index (χ2n) is 11.1. The molecular weight excluding hydrogens is 602 g/mol. The number of primary amides is 1. The normalized spacial score (nSPS) is 13.6. The topological polar surface area (TPSA) is 98.3 Å². The van der Waals surface area contributed by atoms with E-state index >= 15 is 0 Å². The summed E-state index contributed by atoms with van der Waals surface area (Å²) in [6.07, 6.45) is -9.74. The number of nitrogens with one attached hydrogen (secondary N) is 1. The number of carbonyl (C=O) groups excluding carboxylic acids is 1. The van der Waals surface area contributed by atoms with Gasteiger partial charge in [0.15, 0.2) is 0 Å². The first kappa shape index (κ1) is 31.7. The Labute approximate surface area is 254 Å². The highest BCUT2D eigenvalue weighted by Gasteiger charge is 2.41. The molecule has 0 spiro atoms. The van der Waals surface area contributed by atoms with Crippen molar-refractivity contribution in [3.05, 3.63) is 82.7 Å². The number of hydrogen-bond acceptors (Lipinski definition) is 5. The highest BCUT2D eigenvalue weighted by atomic mass is 19.4. The van der Waals surface area contributed by atoms with Crippen LogP contribution in [0.25, 0.3) is 16.9 Å². The molecule has 1 aliphatic rings. The highest BCUT2D eigenvalue weighted by Crippen LogP contribution is 2.42. The summed E-state index contributed by atoms with van der Waals surface area (Å²) >= 11 is 0. The van der Waals surface area contributed by atoms with Gasteiger partial charge in [-0.25, -0.2) is 14.5 Å². The second-order valence-corrected chi connectivity index (χ2v) is 11.1. The first-order chi connectivity index (χ1) is 21.1. The van der Waals surface area contributed by atoms with Crippen molar-refractivity contribution in [3.8, 4) is 22.7 Å². The summed E-state index contributed by atoms with van der Waals surface area (Å²) in [6, 6.07) is 12.1. The Morgan fingerprint density at radius 1 is 1.02 bits per heavy atom. The van der Waals surface area contributed by atoms with E-state index in [1.54, 1.807) is 35.0 Å². The smallest absolute Gasteiger partial charge is 0.433 e. The minimum atomic E-state index is -4.94. The van der Waals surface area contributed by atoms with Gasteiger partial charge in [-0.2, -0.15) is 31.4 Å². The molecule has 0 fully saturated rings. The molecule has 1 aliphatic heterocycles. The lowest BCUT2D eigenvalue weighted by atomic mass is 9.99. The third-order valence-corrected chi connectivity index (χ3v) is 7.22. The number of benzene rings is 2. The first-order valence-electron chi connectivity index (χ1n) is 14.0. The number of nitrogens with two attached hydrogens (primary N) is 1. The molecule has 45 heavy (non-hydrogen) atoms. The number of fused-ring (bicyclic) bond motifs is 1. The van der Waals surface area contributed by atoms with Crippen LogP contribution in [0.1, 0.15) is 41.9 Å². The number of halogens is 6. The van der Waals surface area contributed by atoms with Gasteiger partial charge in [0.05, 0.1) is 23.6 Å². The summed E-state index contributed by atoms with van der Waals surface area (Å²) in [7, 11) is 0. The van der Waals surface area contributed by atoms with E-state index in [1.165, 1.54) is 4.90 Å². The van der Waals surface area contributed by atoms with E-state index in [-0.39, 0.29) is 25.4 Å². The molecule has 2 aromatic heterocycles. The summed E-state index contributed by atoms with van der Waals surface area (Å²) in [5.41, 5.74) is 6.56. The number of carbonyl (C=O) groups is 1. The van der Waals surface area contributed by atoms with E-state index in [4.69, 9.17) is 15.6 Å². The molecule has 8 nitrogen and oxygen atoms in total. The van der Waals surface area contributed by atoms with Gasteiger partial charge in [0.2, 0.25) is 0 Å². The number of rotatable bonds is 7. The van der Waals surface area contributed by atoms with Crippen molar-refractivity contribution in [2.75, 3.05) is 23.4 Å². The van der Waals surface area contributed by atoms with Gasteiger partial charge in [-0.15, -0.1) is 0 Å². The van der Waals surface area contributed by atoms with Gasteiger partial charge < -0.3 is 20.7 Å². The number of pyridine rings is 1. The lowest BCUT2D eigenvalue weighted by Crippen LogP contribution is -2.33. The maximum Gasteiger partial charge on any atom is 0.433 e. The maximum absolute atomic E-state index is 14.0. The lowest BCUT2D eigenvalue weighted by Gasteiger charge is -2.30. The number of aryl methyl sites for hydroxylation is 1. The van der Waals surface area contributed by atoms with E-state index in [1.807, 2.05) is 32.9 Å². The zero-order valence-electron chi connectivity index (χ0n) is 24.6. The minimum absolute atomic E-state index is 0.0488. The fourth-order valence-corrected chi connectivity index (χ4v) is 5.21. The average Bonchev–Trinajstić information content (AvgIpc) is 3.33. The molecule has 238 valence electrons. The molecule has 14 heteroatoms.